The van der Waals surface area contributed by atoms with Gasteiger partial charge in [0, 0.05) is 18.1 Å². The molecule has 1 aromatic rings. The molecule has 1 aromatic carbocycles. The van der Waals surface area contributed by atoms with Crippen molar-refractivity contribution in [1.82, 2.24) is 4.90 Å². The van der Waals surface area contributed by atoms with Crippen LogP contribution < -0.4 is 4.74 Å². The van der Waals surface area contributed by atoms with E-state index in [2.05, 4.69) is 23.1 Å². The second-order valence-electron chi connectivity index (χ2n) is 6.40. The van der Waals surface area contributed by atoms with Crippen LogP contribution in [-0.2, 0) is 12.8 Å². The minimum atomic E-state index is 0.767. The first-order valence-corrected chi connectivity index (χ1v) is 7.79. The maximum atomic E-state index is 5.57. The predicted molar refractivity (Wildman–Crippen MR) is 76.7 cm³/mol. The number of nitrogens with zero attached hydrogens (tertiary/aromatic N) is 1. The van der Waals surface area contributed by atoms with Crippen molar-refractivity contribution in [1.29, 1.82) is 0 Å². The lowest BCUT2D eigenvalue weighted by molar-refractivity contribution is 0.159. The first kappa shape index (κ1) is 11.8. The van der Waals surface area contributed by atoms with Gasteiger partial charge in [-0.1, -0.05) is 12.1 Å². The highest BCUT2D eigenvalue weighted by atomic mass is 16.5. The first-order chi connectivity index (χ1) is 9.36. The lowest BCUT2D eigenvalue weighted by Crippen LogP contribution is -2.42. The van der Waals surface area contributed by atoms with Gasteiger partial charge < -0.3 is 4.74 Å². The zero-order valence-corrected chi connectivity index (χ0v) is 11.8. The molecule has 2 saturated carbocycles. The van der Waals surface area contributed by atoms with Crippen LogP contribution in [0.15, 0.2) is 18.2 Å². The third-order valence-corrected chi connectivity index (χ3v) is 5.00. The van der Waals surface area contributed by atoms with Gasteiger partial charge in [-0.3, -0.25) is 4.90 Å². The van der Waals surface area contributed by atoms with Gasteiger partial charge in [0.25, 0.3) is 0 Å². The third-order valence-electron chi connectivity index (χ3n) is 5.00. The number of rotatable bonds is 4. The molecule has 2 nitrogen and oxygen atoms in total. The Morgan fingerprint density at radius 2 is 1.74 bits per heavy atom. The van der Waals surface area contributed by atoms with Crippen LogP contribution in [0.3, 0.4) is 0 Å². The lowest BCUT2D eigenvalue weighted by atomic mass is 9.86. The quantitative estimate of drug-likeness (QED) is 0.821. The maximum Gasteiger partial charge on any atom is 0.122 e. The Morgan fingerprint density at radius 1 is 1.00 bits per heavy atom. The topological polar surface area (TPSA) is 12.5 Å². The molecule has 0 aromatic heterocycles. The molecule has 0 heterocycles. The molecule has 1 unspecified atom stereocenters. The number of fused-ring (bicyclic) bond motifs is 1. The summed E-state index contributed by atoms with van der Waals surface area (Å²) in [6.45, 7) is 0. The van der Waals surface area contributed by atoms with Gasteiger partial charge in [-0.25, -0.2) is 0 Å². The molecule has 2 fully saturated rings. The van der Waals surface area contributed by atoms with Crippen molar-refractivity contribution in [3.8, 4) is 5.75 Å². The minimum Gasteiger partial charge on any atom is -0.496 e. The van der Waals surface area contributed by atoms with Gasteiger partial charge in [0.15, 0.2) is 0 Å². The summed E-state index contributed by atoms with van der Waals surface area (Å²) >= 11 is 0. The highest BCUT2D eigenvalue weighted by Crippen LogP contribution is 2.42. The van der Waals surface area contributed by atoms with E-state index in [4.69, 9.17) is 4.74 Å². The van der Waals surface area contributed by atoms with Crippen LogP contribution >= 0.6 is 0 Å². The average molecular weight is 257 g/mol. The van der Waals surface area contributed by atoms with Gasteiger partial charge in [0.05, 0.1) is 7.11 Å². The number of methoxy groups -OCH3 is 1. The zero-order valence-electron chi connectivity index (χ0n) is 11.8. The third kappa shape index (κ3) is 2.16. The smallest absolute Gasteiger partial charge is 0.122 e. The Bertz CT molecular complexity index is 450. The summed E-state index contributed by atoms with van der Waals surface area (Å²) in [5.41, 5.74) is 3.00. The van der Waals surface area contributed by atoms with E-state index < -0.39 is 0 Å². The molecule has 0 aliphatic heterocycles. The van der Waals surface area contributed by atoms with Gasteiger partial charge >= 0.3 is 0 Å². The summed E-state index contributed by atoms with van der Waals surface area (Å²) in [6.07, 6.45) is 9.52. The summed E-state index contributed by atoms with van der Waals surface area (Å²) in [5, 5.41) is 0. The van der Waals surface area contributed by atoms with Crippen LogP contribution in [0.4, 0.5) is 0 Å². The van der Waals surface area contributed by atoms with Crippen molar-refractivity contribution in [2.75, 3.05) is 7.11 Å². The molecule has 19 heavy (non-hydrogen) atoms. The Balaban J connectivity index is 1.60. The van der Waals surface area contributed by atoms with E-state index in [0.29, 0.717) is 0 Å². The van der Waals surface area contributed by atoms with Crippen molar-refractivity contribution in [3.05, 3.63) is 29.3 Å². The Morgan fingerprint density at radius 3 is 2.37 bits per heavy atom. The summed E-state index contributed by atoms with van der Waals surface area (Å²) < 4.78 is 5.57. The van der Waals surface area contributed by atoms with Crippen molar-refractivity contribution in [3.63, 3.8) is 0 Å². The molecular weight excluding hydrogens is 234 g/mol. The summed E-state index contributed by atoms with van der Waals surface area (Å²) in [6, 6.07) is 9.13. The van der Waals surface area contributed by atoms with E-state index in [9.17, 15) is 0 Å². The van der Waals surface area contributed by atoms with E-state index in [1.54, 1.807) is 7.11 Å². The lowest BCUT2D eigenvalue weighted by Gasteiger charge is -2.36. The first-order valence-electron chi connectivity index (χ1n) is 7.79. The van der Waals surface area contributed by atoms with Gasteiger partial charge in [-0.2, -0.15) is 0 Å². The van der Waals surface area contributed by atoms with Gasteiger partial charge in [-0.05, 0) is 62.1 Å². The Kier molecular flexibility index (Phi) is 2.80. The normalized spacial score (nSPS) is 26.3. The van der Waals surface area contributed by atoms with Crippen molar-refractivity contribution < 1.29 is 4.74 Å². The van der Waals surface area contributed by atoms with Crippen molar-refractivity contribution in [2.45, 2.75) is 63.1 Å². The molecule has 4 rings (SSSR count). The number of aryl methyl sites for hydroxylation is 1. The molecule has 3 aliphatic carbocycles. The van der Waals surface area contributed by atoms with Crippen LogP contribution in [0.5, 0.6) is 5.75 Å². The fourth-order valence-corrected chi connectivity index (χ4v) is 3.82. The van der Waals surface area contributed by atoms with Gasteiger partial charge in [-0.15, -0.1) is 0 Å². The van der Waals surface area contributed by atoms with Gasteiger partial charge in [0.1, 0.15) is 5.75 Å². The molecule has 0 saturated heterocycles. The molecule has 0 amide bonds. The molecule has 3 aliphatic rings. The Labute approximate surface area is 115 Å². The minimum absolute atomic E-state index is 0.767. The fourth-order valence-electron chi connectivity index (χ4n) is 3.82. The van der Waals surface area contributed by atoms with Gasteiger partial charge in [0.2, 0.25) is 0 Å². The molecule has 1 atom stereocenters. The molecule has 2 heteroatoms. The van der Waals surface area contributed by atoms with Crippen molar-refractivity contribution in [2.24, 2.45) is 0 Å². The monoisotopic (exact) mass is 257 g/mol. The van der Waals surface area contributed by atoms with Crippen LogP contribution in [0.2, 0.25) is 0 Å². The largest absolute Gasteiger partial charge is 0.496 e. The van der Waals surface area contributed by atoms with Crippen LogP contribution in [0.1, 0.15) is 43.2 Å². The summed E-state index contributed by atoms with van der Waals surface area (Å²) in [5.74, 6) is 1.11. The molecule has 0 radical (unpaired) electrons. The van der Waals surface area contributed by atoms with Crippen LogP contribution in [0.25, 0.3) is 0 Å². The zero-order chi connectivity index (χ0) is 12.8. The summed E-state index contributed by atoms with van der Waals surface area (Å²) in [7, 11) is 1.80. The molecule has 0 bridgehead atoms. The second kappa shape index (κ2) is 4.52. The molecular formula is C17H23NO. The second-order valence-corrected chi connectivity index (χ2v) is 6.40. The molecule has 0 spiro atoms. The van der Waals surface area contributed by atoms with Crippen LogP contribution in [-0.4, -0.2) is 30.1 Å². The fraction of sp³-hybridized carbons (Fsp3) is 0.647. The molecule has 0 N–H and O–H groups in total. The van der Waals surface area contributed by atoms with E-state index in [1.807, 2.05) is 0 Å². The highest BCUT2D eigenvalue weighted by Gasteiger charge is 2.43. The average Bonchev–Trinajstić information content (AvgIpc) is 3.32. The highest BCUT2D eigenvalue weighted by molar-refractivity contribution is 5.42. The van der Waals surface area contributed by atoms with E-state index in [-0.39, 0.29) is 0 Å². The number of ether oxygens (including phenoxy) is 1. The Hall–Kier alpha value is -1.02. The molecule has 102 valence electrons. The van der Waals surface area contributed by atoms with E-state index >= 15 is 0 Å². The summed E-state index contributed by atoms with van der Waals surface area (Å²) in [4.78, 5) is 2.87. The van der Waals surface area contributed by atoms with E-state index in [0.717, 1.165) is 23.9 Å². The number of hydrogen-bond donors (Lipinski definition) is 0. The van der Waals surface area contributed by atoms with Crippen LogP contribution in [0, 0.1) is 0 Å². The predicted octanol–water partition coefficient (Wildman–Crippen LogP) is 3.18. The van der Waals surface area contributed by atoms with Crippen molar-refractivity contribution >= 4 is 0 Å². The number of benzene rings is 1. The SMILES string of the molecule is COc1cccc2c1CC(N(C1CC1)C1CC1)CC2. The van der Waals surface area contributed by atoms with E-state index in [1.165, 1.54) is 56.1 Å². The number of hydrogen-bond acceptors (Lipinski definition) is 2. The standard InChI is InChI=1S/C17H23NO/c1-19-17-4-2-3-12-5-6-15(11-16(12)17)18(13-7-8-13)14-9-10-14/h2-4,13-15H,5-11H2,1H3. The maximum absolute atomic E-state index is 5.57.